The van der Waals surface area contributed by atoms with Crippen LogP contribution in [0.1, 0.15) is 23.2 Å². The van der Waals surface area contributed by atoms with E-state index in [1.807, 2.05) is 23.1 Å². The van der Waals surface area contributed by atoms with Crippen LogP contribution in [-0.4, -0.2) is 48.5 Å². The molecule has 2 heterocycles. The molecule has 0 spiro atoms. The molecule has 0 saturated heterocycles. The molecule has 1 aromatic heterocycles. The summed E-state index contributed by atoms with van der Waals surface area (Å²) in [5.41, 5.74) is 2.80. The maximum absolute atomic E-state index is 13.0. The molecule has 1 aliphatic heterocycles. The zero-order chi connectivity index (χ0) is 16.5. The number of fused-ring (bicyclic) bond motifs is 1. The Morgan fingerprint density at radius 2 is 2.04 bits per heavy atom. The van der Waals surface area contributed by atoms with Crippen LogP contribution in [0.3, 0.4) is 0 Å². The number of anilines is 2. The molecule has 0 radical (unpaired) electrons. The van der Waals surface area contributed by atoms with Gasteiger partial charge in [-0.15, -0.1) is 0 Å². The van der Waals surface area contributed by atoms with Crippen LogP contribution in [0, 0.1) is 0 Å². The minimum Gasteiger partial charge on any atom is -0.383 e. The lowest BCUT2D eigenvalue weighted by atomic mass is 10.1. The molecular formula is C18H22N4O2. The van der Waals surface area contributed by atoms with Gasteiger partial charge in [-0.05, 0) is 25.0 Å². The van der Waals surface area contributed by atoms with Gasteiger partial charge in [-0.3, -0.25) is 9.48 Å². The fourth-order valence-corrected chi connectivity index (χ4v) is 3.30. The molecule has 126 valence electrons. The summed E-state index contributed by atoms with van der Waals surface area (Å²) in [6.07, 6.45) is 5.97. The third-order valence-corrected chi connectivity index (χ3v) is 4.68. The lowest BCUT2D eigenvalue weighted by molar-refractivity contribution is 0.0986. The van der Waals surface area contributed by atoms with Crippen LogP contribution in [0.25, 0.3) is 0 Å². The Balaban J connectivity index is 1.58. The number of para-hydroxylation sites is 2. The van der Waals surface area contributed by atoms with Gasteiger partial charge in [0.15, 0.2) is 0 Å². The number of amides is 1. The number of methoxy groups -OCH3 is 1. The Morgan fingerprint density at radius 1 is 1.25 bits per heavy atom. The van der Waals surface area contributed by atoms with E-state index in [4.69, 9.17) is 4.74 Å². The number of aromatic nitrogens is 2. The highest BCUT2D eigenvalue weighted by Crippen LogP contribution is 2.40. The number of hydrogen-bond donors (Lipinski definition) is 0. The van der Waals surface area contributed by atoms with Crippen LogP contribution >= 0.6 is 0 Å². The van der Waals surface area contributed by atoms with Crippen LogP contribution in [0.15, 0.2) is 36.7 Å². The Bertz CT molecular complexity index is 738. The maximum atomic E-state index is 13.0. The maximum Gasteiger partial charge on any atom is 0.261 e. The van der Waals surface area contributed by atoms with Crippen molar-refractivity contribution in [2.24, 2.45) is 0 Å². The van der Waals surface area contributed by atoms with Gasteiger partial charge in [0.05, 0.1) is 36.3 Å². The molecule has 2 aliphatic rings. The molecule has 0 N–H and O–H groups in total. The van der Waals surface area contributed by atoms with E-state index in [0.29, 0.717) is 24.8 Å². The third-order valence-electron chi connectivity index (χ3n) is 4.68. The molecule has 24 heavy (non-hydrogen) atoms. The quantitative estimate of drug-likeness (QED) is 0.845. The van der Waals surface area contributed by atoms with Gasteiger partial charge in [-0.1, -0.05) is 12.1 Å². The number of carbonyl (C=O) groups is 1. The lowest BCUT2D eigenvalue weighted by Crippen LogP contribution is -2.44. The van der Waals surface area contributed by atoms with Crippen molar-refractivity contribution in [1.29, 1.82) is 0 Å². The summed E-state index contributed by atoms with van der Waals surface area (Å²) in [5, 5.41) is 4.26. The summed E-state index contributed by atoms with van der Waals surface area (Å²) in [6, 6.07) is 8.86. The molecule has 0 atom stereocenters. The van der Waals surface area contributed by atoms with Crippen LogP contribution < -0.4 is 9.80 Å². The second-order valence-electron chi connectivity index (χ2n) is 6.35. The van der Waals surface area contributed by atoms with Crippen molar-refractivity contribution in [2.45, 2.75) is 25.4 Å². The van der Waals surface area contributed by atoms with Crippen molar-refractivity contribution >= 4 is 17.3 Å². The van der Waals surface area contributed by atoms with Crippen LogP contribution in [0.2, 0.25) is 0 Å². The van der Waals surface area contributed by atoms with Crippen LogP contribution in [0.4, 0.5) is 11.4 Å². The SMILES string of the molecule is COCCn1cc(C(=O)N2CCN(C3CC3)c3ccccc32)cn1. The van der Waals surface area contributed by atoms with Crippen LogP contribution in [-0.2, 0) is 11.3 Å². The first-order valence-corrected chi connectivity index (χ1v) is 8.47. The smallest absolute Gasteiger partial charge is 0.261 e. The number of hydrogen-bond acceptors (Lipinski definition) is 4. The predicted molar refractivity (Wildman–Crippen MR) is 92.6 cm³/mol. The predicted octanol–water partition coefficient (Wildman–Crippen LogP) is 2.16. The van der Waals surface area contributed by atoms with E-state index >= 15 is 0 Å². The molecule has 1 amide bonds. The molecule has 1 saturated carbocycles. The first-order valence-electron chi connectivity index (χ1n) is 8.47. The highest BCUT2D eigenvalue weighted by atomic mass is 16.5. The molecule has 1 aromatic carbocycles. The summed E-state index contributed by atoms with van der Waals surface area (Å²) in [5.74, 6) is 0.0153. The second-order valence-corrected chi connectivity index (χ2v) is 6.35. The molecule has 0 bridgehead atoms. The minimum atomic E-state index is 0.0153. The van der Waals surface area contributed by atoms with E-state index in [9.17, 15) is 4.79 Å². The van der Waals surface area contributed by atoms with Gasteiger partial charge < -0.3 is 14.5 Å². The average Bonchev–Trinajstić information content (AvgIpc) is 3.36. The van der Waals surface area contributed by atoms with Crippen molar-refractivity contribution in [2.75, 3.05) is 36.6 Å². The molecule has 6 heteroatoms. The van der Waals surface area contributed by atoms with Gasteiger partial charge in [0.2, 0.25) is 0 Å². The molecular weight excluding hydrogens is 304 g/mol. The molecule has 6 nitrogen and oxygen atoms in total. The molecule has 0 unspecified atom stereocenters. The summed E-state index contributed by atoms with van der Waals surface area (Å²) < 4.78 is 6.81. The topological polar surface area (TPSA) is 50.6 Å². The van der Waals surface area contributed by atoms with Gasteiger partial charge in [0.1, 0.15) is 0 Å². The van der Waals surface area contributed by atoms with Crippen molar-refractivity contribution in [3.8, 4) is 0 Å². The van der Waals surface area contributed by atoms with Crippen molar-refractivity contribution in [1.82, 2.24) is 9.78 Å². The van der Waals surface area contributed by atoms with Crippen molar-refractivity contribution < 1.29 is 9.53 Å². The highest BCUT2D eigenvalue weighted by Gasteiger charge is 2.35. The van der Waals surface area contributed by atoms with Gasteiger partial charge in [0.25, 0.3) is 5.91 Å². The molecule has 4 rings (SSSR count). The van der Waals surface area contributed by atoms with E-state index in [2.05, 4.69) is 16.1 Å². The third kappa shape index (κ3) is 2.78. The number of nitrogens with zero attached hydrogens (tertiary/aromatic N) is 4. The largest absolute Gasteiger partial charge is 0.383 e. The number of benzene rings is 1. The van der Waals surface area contributed by atoms with E-state index in [-0.39, 0.29) is 5.91 Å². The number of carbonyl (C=O) groups excluding carboxylic acids is 1. The van der Waals surface area contributed by atoms with E-state index in [1.165, 1.54) is 18.5 Å². The summed E-state index contributed by atoms with van der Waals surface area (Å²) in [4.78, 5) is 17.3. The van der Waals surface area contributed by atoms with Crippen LogP contribution in [0.5, 0.6) is 0 Å². The Morgan fingerprint density at radius 3 is 2.79 bits per heavy atom. The minimum absolute atomic E-state index is 0.0153. The number of rotatable bonds is 5. The zero-order valence-electron chi connectivity index (χ0n) is 13.9. The van der Waals surface area contributed by atoms with Crippen molar-refractivity contribution in [3.63, 3.8) is 0 Å². The monoisotopic (exact) mass is 326 g/mol. The fraction of sp³-hybridized carbons (Fsp3) is 0.444. The van der Waals surface area contributed by atoms with E-state index in [1.54, 1.807) is 24.2 Å². The standard InChI is InChI=1S/C18H22N4O2/c1-24-11-10-20-13-14(12-19-20)18(23)22-9-8-21(15-6-7-15)16-4-2-3-5-17(16)22/h2-5,12-13,15H,6-11H2,1H3. The zero-order valence-corrected chi connectivity index (χ0v) is 13.9. The Labute approximate surface area is 141 Å². The number of ether oxygens (including phenoxy) is 1. The molecule has 1 aliphatic carbocycles. The normalized spacial score (nSPS) is 17.0. The fourth-order valence-electron chi connectivity index (χ4n) is 3.30. The first-order chi connectivity index (χ1) is 11.8. The van der Waals surface area contributed by atoms with E-state index in [0.717, 1.165) is 18.8 Å². The van der Waals surface area contributed by atoms with Gasteiger partial charge in [0, 0.05) is 32.4 Å². The van der Waals surface area contributed by atoms with Gasteiger partial charge in [-0.25, -0.2) is 0 Å². The first kappa shape index (κ1) is 15.2. The second kappa shape index (κ2) is 6.28. The summed E-state index contributed by atoms with van der Waals surface area (Å²) >= 11 is 0. The highest BCUT2D eigenvalue weighted by molar-refractivity contribution is 6.08. The van der Waals surface area contributed by atoms with Crippen molar-refractivity contribution in [3.05, 3.63) is 42.2 Å². The lowest BCUT2D eigenvalue weighted by Gasteiger charge is -2.37. The average molecular weight is 326 g/mol. The van der Waals surface area contributed by atoms with E-state index < -0.39 is 0 Å². The Hall–Kier alpha value is -2.34. The molecule has 2 aromatic rings. The summed E-state index contributed by atoms with van der Waals surface area (Å²) in [6.45, 7) is 2.84. The summed E-state index contributed by atoms with van der Waals surface area (Å²) in [7, 11) is 1.66. The molecule has 1 fully saturated rings. The Kier molecular flexibility index (Phi) is 3.98. The van der Waals surface area contributed by atoms with Gasteiger partial charge in [-0.2, -0.15) is 5.10 Å². The van der Waals surface area contributed by atoms with Gasteiger partial charge >= 0.3 is 0 Å².